The number of hydrogen-bond donors (Lipinski definition) is 5. The number of carbonyl (C=O) groups excluding carboxylic acids is 2. The third-order valence-corrected chi connectivity index (χ3v) is 8.85. The molecule has 0 radical (unpaired) electrons. The number of sulfonamides is 1. The molecule has 0 atom stereocenters. The van der Waals surface area contributed by atoms with E-state index in [4.69, 9.17) is 0 Å². The smallest absolute Gasteiger partial charge is 0.472 e. The number of hydrazine groups is 1. The van der Waals surface area contributed by atoms with Crippen LogP contribution in [0, 0.1) is 6.92 Å². The molecule has 5 N–H and O–H groups in total. The summed E-state index contributed by atoms with van der Waals surface area (Å²) in [7, 11) is -4.21. The first-order chi connectivity index (χ1) is 18.8. The highest BCUT2D eigenvalue weighted by Crippen LogP contribution is 2.29. The maximum absolute atomic E-state index is 12.9. The summed E-state index contributed by atoms with van der Waals surface area (Å²) in [5.41, 5.74) is 2.96. The number of anilines is 3. The number of aromatic carboxylic acids is 1. The summed E-state index contributed by atoms with van der Waals surface area (Å²) in [6.45, 7) is 1.63. The Balaban J connectivity index is 1.64. The quantitative estimate of drug-likeness (QED) is 0.228. The van der Waals surface area contributed by atoms with Gasteiger partial charge in [-0.05, 0) is 61.7 Å². The number of aryl methyl sites for hydroxylation is 1. The van der Waals surface area contributed by atoms with Gasteiger partial charge in [0.25, 0.3) is 10.0 Å². The number of alkyl halides is 3. The number of halogens is 3. The van der Waals surface area contributed by atoms with Crippen LogP contribution in [0.4, 0.5) is 30.2 Å². The van der Waals surface area contributed by atoms with Crippen LogP contribution in [-0.4, -0.2) is 48.5 Å². The Kier molecular flexibility index (Phi) is 10.3. The van der Waals surface area contributed by atoms with E-state index in [1.807, 2.05) is 5.43 Å². The Morgan fingerprint density at radius 3 is 2.33 bits per heavy atom. The van der Waals surface area contributed by atoms with Crippen LogP contribution in [0.3, 0.4) is 0 Å². The normalized spacial score (nSPS) is 14.3. The van der Waals surface area contributed by atoms with Gasteiger partial charge in [-0.15, -0.1) is 0 Å². The number of rotatable bonds is 11. The van der Waals surface area contributed by atoms with Gasteiger partial charge in [-0.25, -0.2) is 13.2 Å². The topological polar surface area (TPSA) is 154 Å². The maximum atomic E-state index is 12.9. The molecule has 0 aromatic heterocycles. The summed E-state index contributed by atoms with van der Waals surface area (Å²) >= 11 is 1.80. The molecule has 2 aromatic rings. The number of carboxylic acids is 1. The lowest BCUT2D eigenvalue weighted by atomic mass is 10.0. The van der Waals surface area contributed by atoms with E-state index in [-0.39, 0.29) is 16.5 Å². The lowest BCUT2D eigenvalue weighted by Crippen LogP contribution is -2.40. The van der Waals surface area contributed by atoms with Crippen molar-refractivity contribution in [1.82, 2.24) is 5.43 Å². The van der Waals surface area contributed by atoms with E-state index < -0.39 is 39.3 Å². The highest BCUT2D eigenvalue weighted by Gasteiger charge is 2.38. The van der Waals surface area contributed by atoms with E-state index in [9.17, 15) is 41.1 Å². The molecule has 0 aliphatic heterocycles. The Hall–Kier alpha value is -3.46. The molecular formula is C25H29F3N4O6S2. The molecule has 40 heavy (non-hydrogen) atoms. The van der Waals surface area contributed by atoms with Crippen molar-refractivity contribution in [1.29, 1.82) is 0 Å². The molecule has 0 spiro atoms. The van der Waals surface area contributed by atoms with E-state index in [0.717, 1.165) is 18.2 Å². The molecule has 2 aromatic carbocycles. The molecule has 15 heteroatoms. The lowest BCUT2D eigenvalue weighted by molar-refractivity contribution is -0.173. The molecule has 2 amide bonds. The molecule has 1 saturated carbocycles. The van der Waals surface area contributed by atoms with Gasteiger partial charge in [0.05, 0.1) is 16.1 Å². The van der Waals surface area contributed by atoms with E-state index in [1.165, 1.54) is 55.7 Å². The van der Waals surface area contributed by atoms with Gasteiger partial charge in [-0.2, -0.15) is 24.9 Å². The van der Waals surface area contributed by atoms with Crippen LogP contribution in [-0.2, 0) is 19.6 Å². The molecule has 10 nitrogen and oxygen atoms in total. The predicted octanol–water partition coefficient (Wildman–Crippen LogP) is 4.89. The number of carbonyl (C=O) groups is 3. The summed E-state index contributed by atoms with van der Waals surface area (Å²) in [6, 6.07) is 7.06. The summed E-state index contributed by atoms with van der Waals surface area (Å²) in [5, 5.41) is 12.8. The minimum Gasteiger partial charge on any atom is -0.478 e. The average molecular weight is 603 g/mol. The molecule has 0 heterocycles. The molecule has 0 bridgehead atoms. The van der Waals surface area contributed by atoms with E-state index in [2.05, 4.69) is 10.0 Å². The van der Waals surface area contributed by atoms with Crippen molar-refractivity contribution in [3.05, 3.63) is 47.5 Å². The van der Waals surface area contributed by atoms with Crippen molar-refractivity contribution < 1.29 is 41.1 Å². The number of carboxylic acid groups (broad SMARTS) is 1. The van der Waals surface area contributed by atoms with Crippen LogP contribution in [0.25, 0.3) is 0 Å². The highest BCUT2D eigenvalue weighted by atomic mass is 32.2. The number of amides is 2. The monoisotopic (exact) mass is 602 g/mol. The van der Waals surface area contributed by atoms with Gasteiger partial charge in [0, 0.05) is 28.8 Å². The zero-order valence-electron chi connectivity index (χ0n) is 21.4. The Labute approximate surface area is 233 Å². The van der Waals surface area contributed by atoms with Crippen molar-refractivity contribution in [2.75, 3.05) is 21.2 Å². The van der Waals surface area contributed by atoms with Gasteiger partial charge in [-0.1, -0.05) is 19.3 Å². The van der Waals surface area contributed by atoms with Gasteiger partial charge >= 0.3 is 18.1 Å². The SMILES string of the molecule is Cc1cc(S(=O)(=O)Nc2ccc(NNC(=O)C(F)(F)F)c(C(=O)O)c2)ccc1NC(=O)CCSC1CCCCC1. The third-order valence-electron chi connectivity index (χ3n) is 6.09. The van der Waals surface area contributed by atoms with Crippen molar-refractivity contribution in [3.8, 4) is 0 Å². The fourth-order valence-corrected chi connectivity index (χ4v) is 6.45. The standard InChI is InChI=1S/C25H29F3N4O6S2/c1-15-13-18(8-10-20(15)29-22(33)11-12-39-17-5-3-2-4-6-17)40(37,38)32-16-7-9-21(19(14-16)23(34)35)30-31-24(36)25(26,27)28/h7-10,13-14,17,30,32H,2-6,11-12H2,1H3,(H,29,33)(H,31,36)(H,34,35). The summed E-state index contributed by atoms with van der Waals surface area (Å²) in [4.78, 5) is 34.8. The first-order valence-electron chi connectivity index (χ1n) is 12.3. The summed E-state index contributed by atoms with van der Waals surface area (Å²) in [6.07, 6.45) is 1.20. The largest absolute Gasteiger partial charge is 0.478 e. The van der Waals surface area contributed by atoms with Gasteiger partial charge in [0.1, 0.15) is 0 Å². The maximum Gasteiger partial charge on any atom is 0.472 e. The van der Waals surface area contributed by atoms with E-state index >= 15 is 0 Å². The Morgan fingerprint density at radius 1 is 1.02 bits per heavy atom. The number of nitrogens with one attached hydrogen (secondary N) is 4. The van der Waals surface area contributed by atoms with Crippen LogP contribution in [0.2, 0.25) is 0 Å². The van der Waals surface area contributed by atoms with Crippen molar-refractivity contribution in [2.45, 2.75) is 61.8 Å². The first kappa shape index (κ1) is 31.1. The van der Waals surface area contributed by atoms with Crippen molar-refractivity contribution in [3.63, 3.8) is 0 Å². The minimum absolute atomic E-state index is 0.160. The Morgan fingerprint density at radius 2 is 1.70 bits per heavy atom. The van der Waals surface area contributed by atoms with Crippen LogP contribution in [0.5, 0.6) is 0 Å². The average Bonchev–Trinajstić information content (AvgIpc) is 2.88. The molecule has 0 unspecified atom stereocenters. The number of benzene rings is 2. The van der Waals surface area contributed by atoms with Gasteiger partial charge in [0.2, 0.25) is 5.91 Å². The molecule has 3 rings (SSSR count). The molecule has 218 valence electrons. The fourth-order valence-electron chi connectivity index (χ4n) is 4.01. The first-order valence-corrected chi connectivity index (χ1v) is 14.8. The fraction of sp³-hybridized carbons (Fsp3) is 0.400. The second kappa shape index (κ2) is 13.3. The Bertz CT molecular complexity index is 1360. The van der Waals surface area contributed by atoms with Gasteiger partial charge in [-0.3, -0.25) is 25.2 Å². The minimum atomic E-state index is -5.20. The third kappa shape index (κ3) is 8.78. The van der Waals surface area contributed by atoms with E-state index in [0.29, 0.717) is 28.7 Å². The molecule has 1 aliphatic carbocycles. The van der Waals surface area contributed by atoms with E-state index in [1.54, 1.807) is 18.7 Å². The van der Waals surface area contributed by atoms with Crippen LogP contribution in [0.1, 0.15) is 54.4 Å². The van der Waals surface area contributed by atoms with Gasteiger partial charge < -0.3 is 10.4 Å². The lowest BCUT2D eigenvalue weighted by Gasteiger charge is -2.20. The zero-order valence-corrected chi connectivity index (χ0v) is 23.1. The number of thioether (sulfide) groups is 1. The molecule has 1 aliphatic rings. The highest BCUT2D eigenvalue weighted by molar-refractivity contribution is 7.99. The summed E-state index contributed by atoms with van der Waals surface area (Å²) in [5.74, 6) is -3.41. The van der Waals surface area contributed by atoms with Gasteiger partial charge in [0.15, 0.2) is 0 Å². The zero-order chi connectivity index (χ0) is 29.5. The van der Waals surface area contributed by atoms with Crippen molar-refractivity contribution in [2.24, 2.45) is 0 Å². The van der Waals surface area contributed by atoms with Crippen molar-refractivity contribution >= 4 is 56.6 Å². The summed E-state index contributed by atoms with van der Waals surface area (Å²) < 4.78 is 65.2. The molecule has 0 saturated heterocycles. The predicted molar refractivity (Wildman–Crippen MR) is 146 cm³/mol. The number of hydrogen-bond acceptors (Lipinski definition) is 7. The second-order valence-electron chi connectivity index (χ2n) is 9.15. The van der Waals surface area contributed by atoms with Crippen LogP contribution < -0.4 is 20.9 Å². The van der Waals surface area contributed by atoms with Crippen LogP contribution in [0.15, 0.2) is 41.3 Å². The second-order valence-corrected chi connectivity index (χ2v) is 12.2. The molecule has 1 fully saturated rings. The van der Waals surface area contributed by atoms with Crippen LogP contribution >= 0.6 is 11.8 Å². The molecular weight excluding hydrogens is 573 g/mol.